The Labute approximate surface area is 111 Å². The van der Waals surface area contributed by atoms with Crippen LogP contribution in [0, 0.1) is 5.92 Å². The molecule has 5 heteroatoms. The molecule has 0 aromatic carbocycles. The minimum absolute atomic E-state index is 0.0941. The number of nitrogens with one attached hydrogen (secondary N) is 1. The number of halogens is 3. The van der Waals surface area contributed by atoms with Crippen LogP contribution < -0.4 is 5.32 Å². The third kappa shape index (κ3) is 4.15. The Balaban J connectivity index is 2.54. The SMILES string of the molecule is C=CC(NC(=O)C(Cl)(Cl)Cl)C1CCCCC1. The quantitative estimate of drug-likeness (QED) is 0.622. The Kier molecular flexibility index (Phi) is 5.42. The normalized spacial score (nSPS) is 20.2. The zero-order chi connectivity index (χ0) is 12.2. The molecule has 1 amide bonds. The minimum Gasteiger partial charge on any atom is -0.346 e. The van der Waals surface area contributed by atoms with Crippen molar-refractivity contribution < 1.29 is 4.79 Å². The van der Waals surface area contributed by atoms with Gasteiger partial charge >= 0.3 is 0 Å². The van der Waals surface area contributed by atoms with Gasteiger partial charge in [0, 0.05) is 6.04 Å². The fourth-order valence-corrected chi connectivity index (χ4v) is 2.26. The van der Waals surface area contributed by atoms with E-state index in [-0.39, 0.29) is 6.04 Å². The van der Waals surface area contributed by atoms with E-state index in [1.165, 1.54) is 19.3 Å². The number of carbonyl (C=O) groups excluding carboxylic acids is 1. The topological polar surface area (TPSA) is 29.1 Å². The third-order valence-corrected chi connectivity index (χ3v) is 3.48. The standard InChI is InChI=1S/C11H16Cl3NO/c1-2-9(8-6-4-3-5-7-8)15-10(16)11(12,13)14/h2,8-9H,1,3-7H2,(H,15,16). The Hall–Kier alpha value is 0.0800. The summed E-state index contributed by atoms with van der Waals surface area (Å²) < 4.78 is -1.89. The van der Waals surface area contributed by atoms with Crippen molar-refractivity contribution in [1.82, 2.24) is 5.32 Å². The first-order valence-corrected chi connectivity index (χ1v) is 6.59. The van der Waals surface area contributed by atoms with Gasteiger partial charge in [-0.05, 0) is 18.8 Å². The summed E-state index contributed by atoms with van der Waals surface area (Å²) in [5, 5.41) is 2.72. The maximum absolute atomic E-state index is 11.5. The van der Waals surface area contributed by atoms with Gasteiger partial charge in [0.05, 0.1) is 0 Å². The Morgan fingerprint density at radius 2 is 1.88 bits per heavy atom. The van der Waals surface area contributed by atoms with Gasteiger partial charge in [0.2, 0.25) is 0 Å². The van der Waals surface area contributed by atoms with Crippen molar-refractivity contribution >= 4 is 40.7 Å². The number of hydrogen-bond acceptors (Lipinski definition) is 1. The lowest BCUT2D eigenvalue weighted by Crippen LogP contribution is -2.44. The van der Waals surface area contributed by atoms with Crippen LogP contribution in [-0.4, -0.2) is 15.7 Å². The van der Waals surface area contributed by atoms with Crippen molar-refractivity contribution in [3.8, 4) is 0 Å². The summed E-state index contributed by atoms with van der Waals surface area (Å²) in [6.07, 6.45) is 7.56. The zero-order valence-corrected chi connectivity index (χ0v) is 11.3. The van der Waals surface area contributed by atoms with Crippen LogP contribution in [-0.2, 0) is 4.79 Å². The first-order chi connectivity index (χ1) is 7.45. The van der Waals surface area contributed by atoms with Gasteiger partial charge in [0.1, 0.15) is 0 Å². The van der Waals surface area contributed by atoms with E-state index >= 15 is 0 Å². The van der Waals surface area contributed by atoms with Crippen molar-refractivity contribution in [1.29, 1.82) is 0 Å². The molecule has 0 aliphatic heterocycles. The van der Waals surface area contributed by atoms with Crippen LogP contribution in [0.5, 0.6) is 0 Å². The molecule has 0 heterocycles. The molecule has 1 aliphatic carbocycles. The smallest absolute Gasteiger partial charge is 0.272 e. The molecule has 1 unspecified atom stereocenters. The van der Waals surface area contributed by atoms with Crippen LogP contribution in [0.1, 0.15) is 32.1 Å². The maximum atomic E-state index is 11.5. The van der Waals surface area contributed by atoms with Crippen molar-refractivity contribution in [2.75, 3.05) is 0 Å². The molecule has 1 saturated carbocycles. The van der Waals surface area contributed by atoms with Crippen LogP contribution in [0.4, 0.5) is 0 Å². The molecule has 0 saturated heterocycles. The van der Waals surface area contributed by atoms with Gasteiger partial charge in [-0.25, -0.2) is 0 Å². The van der Waals surface area contributed by atoms with Gasteiger partial charge in [0.15, 0.2) is 0 Å². The van der Waals surface area contributed by atoms with E-state index in [9.17, 15) is 4.79 Å². The molecule has 1 aliphatic rings. The van der Waals surface area contributed by atoms with Crippen molar-refractivity contribution in [3.05, 3.63) is 12.7 Å². The highest BCUT2D eigenvalue weighted by molar-refractivity contribution is 6.76. The highest BCUT2D eigenvalue weighted by Gasteiger charge is 2.33. The lowest BCUT2D eigenvalue weighted by atomic mass is 9.84. The summed E-state index contributed by atoms with van der Waals surface area (Å²) >= 11 is 16.5. The predicted molar refractivity (Wildman–Crippen MR) is 69.0 cm³/mol. The molecule has 1 fully saturated rings. The predicted octanol–water partition coefficient (Wildman–Crippen LogP) is 3.61. The third-order valence-electron chi connectivity index (χ3n) is 2.97. The molecule has 2 nitrogen and oxygen atoms in total. The van der Waals surface area contributed by atoms with E-state index in [2.05, 4.69) is 11.9 Å². The Morgan fingerprint density at radius 1 is 1.31 bits per heavy atom. The van der Waals surface area contributed by atoms with Crippen LogP contribution >= 0.6 is 34.8 Å². The molecule has 0 aromatic rings. The largest absolute Gasteiger partial charge is 0.346 e. The summed E-state index contributed by atoms with van der Waals surface area (Å²) in [4.78, 5) is 11.5. The van der Waals surface area contributed by atoms with Crippen LogP contribution in [0.2, 0.25) is 0 Å². The van der Waals surface area contributed by atoms with E-state index in [4.69, 9.17) is 34.8 Å². The Morgan fingerprint density at radius 3 is 2.31 bits per heavy atom. The molecular weight excluding hydrogens is 268 g/mol. The number of alkyl halides is 3. The van der Waals surface area contributed by atoms with Crippen LogP contribution in [0.15, 0.2) is 12.7 Å². The van der Waals surface area contributed by atoms with Crippen molar-refractivity contribution in [3.63, 3.8) is 0 Å². The molecular formula is C11H16Cl3NO. The number of rotatable bonds is 3. The molecule has 0 radical (unpaired) electrons. The molecule has 1 N–H and O–H groups in total. The minimum atomic E-state index is -1.89. The van der Waals surface area contributed by atoms with Gasteiger partial charge in [0.25, 0.3) is 9.70 Å². The summed E-state index contributed by atoms with van der Waals surface area (Å²) in [5.41, 5.74) is 0. The summed E-state index contributed by atoms with van der Waals surface area (Å²) in [5.74, 6) is -0.157. The second-order valence-electron chi connectivity index (χ2n) is 4.13. The second-order valence-corrected chi connectivity index (χ2v) is 6.41. The maximum Gasteiger partial charge on any atom is 0.272 e. The Bertz CT molecular complexity index is 256. The summed E-state index contributed by atoms with van der Waals surface area (Å²) in [7, 11) is 0. The first-order valence-electron chi connectivity index (χ1n) is 5.45. The van der Waals surface area contributed by atoms with Crippen molar-refractivity contribution in [2.24, 2.45) is 5.92 Å². The van der Waals surface area contributed by atoms with Gasteiger partial charge in [-0.3, -0.25) is 4.79 Å². The first kappa shape index (κ1) is 14.1. The van der Waals surface area contributed by atoms with E-state index in [1.54, 1.807) is 6.08 Å². The van der Waals surface area contributed by atoms with E-state index in [0.717, 1.165) is 12.8 Å². The van der Waals surface area contributed by atoms with Gasteiger partial charge in [-0.1, -0.05) is 60.1 Å². The average Bonchev–Trinajstić information content (AvgIpc) is 2.25. The van der Waals surface area contributed by atoms with Gasteiger partial charge < -0.3 is 5.32 Å². The van der Waals surface area contributed by atoms with Gasteiger partial charge in [-0.2, -0.15) is 0 Å². The fraction of sp³-hybridized carbons (Fsp3) is 0.727. The molecule has 1 atom stereocenters. The van der Waals surface area contributed by atoms with E-state index < -0.39 is 9.70 Å². The molecule has 0 bridgehead atoms. The fourth-order valence-electron chi connectivity index (χ4n) is 2.10. The highest BCUT2D eigenvalue weighted by atomic mass is 35.6. The molecule has 92 valence electrons. The lowest BCUT2D eigenvalue weighted by molar-refractivity contribution is -0.121. The van der Waals surface area contributed by atoms with Gasteiger partial charge in [-0.15, -0.1) is 6.58 Å². The molecule has 0 aromatic heterocycles. The molecule has 1 rings (SSSR count). The molecule has 0 spiro atoms. The van der Waals surface area contributed by atoms with Crippen molar-refractivity contribution in [2.45, 2.75) is 41.9 Å². The zero-order valence-electron chi connectivity index (χ0n) is 9.02. The second kappa shape index (κ2) is 6.13. The number of amides is 1. The van der Waals surface area contributed by atoms with Crippen LogP contribution in [0.25, 0.3) is 0 Å². The lowest BCUT2D eigenvalue weighted by Gasteiger charge is -2.29. The summed E-state index contributed by atoms with van der Waals surface area (Å²) in [6.45, 7) is 3.73. The number of hydrogen-bond donors (Lipinski definition) is 1. The van der Waals surface area contributed by atoms with E-state index in [0.29, 0.717) is 5.92 Å². The summed E-state index contributed by atoms with van der Waals surface area (Å²) in [6, 6.07) is -0.0941. The highest BCUT2D eigenvalue weighted by Crippen LogP contribution is 2.29. The van der Waals surface area contributed by atoms with E-state index in [1.807, 2.05) is 0 Å². The molecule has 16 heavy (non-hydrogen) atoms. The van der Waals surface area contributed by atoms with Crippen LogP contribution in [0.3, 0.4) is 0 Å². The average molecular weight is 285 g/mol. The number of carbonyl (C=O) groups is 1. The monoisotopic (exact) mass is 283 g/mol.